The second-order valence-electron chi connectivity index (χ2n) is 5.03. The Bertz CT molecular complexity index is 782. The van der Waals surface area contributed by atoms with Gasteiger partial charge in [0.2, 0.25) is 10.0 Å². The minimum atomic E-state index is -3.52. The number of rotatable bonds is 6. The first-order valence-electron chi connectivity index (χ1n) is 7.25. The molecule has 6 heteroatoms. The van der Waals surface area contributed by atoms with Crippen LogP contribution in [-0.2, 0) is 21.4 Å². The van der Waals surface area contributed by atoms with Crippen LogP contribution in [0, 0.1) is 6.92 Å². The van der Waals surface area contributed by atoms with Gasteiger partial charge < -0.3 is 4.74 Å². The molecule has 122 valence electrons. The fraction of sp³-hybridized carbons (Fsp3) is 0.235. The number of ether oxygens (including phenoxy) is 1. The molecule has 0 saturated heterocycles. The lowest BCUT2D eigenvalue weighted by molar-refractivity contribution is 0.0472. The summed E-state index contributed by atoms with van der Waals surface area (Å²) < 4.78 is 31.3. The molecular weight excluding hydrogens is 314 g/mol. The summed E-state index contributed by atoms with van der Waals surface area (Å²) in [5.41, 5.74) is 2.30. The number of esters is 1. The molecule has 0 aliphatic rings. The molecule has 0 aliphatic heterocycles. The zero-order valence-electron chi connectivity index (χ0n) is 13.1. The summed E-state index contributed by atoms with van der Waals surface area (Å²) in [6.45, 7) is 4.14. The van der Waals surface area contributed by atoms with Gasteiger partial charge in [0.1, 0.15) is 6.61 Å². The van der Waals surface area contributed by atoms with Crippen molar-refractivity contribution in [3.63, 3.8) is 0 Å². The summed E-state index contributed by atoms with van der Waals surface area (Å²) >= 11 is 0. The van der Waals surface area contributed by atoms with Gasteiger partial charge >= 0.3 is 5.97 Å². The fourth-order valence-electron chi connectivity index (χ4n) is 2.04. The minimum Gasteiger partial charge on any atom is -0.457 e. The van der Waals surface area contributed by atoms with Gasteiger partial charge in [-0.25, -0.2) is 17.9 Å². The molecule has 23 heavy (non-hydrogen) atoms. The first kappa shape index (κ1) is 17.2. The lowest BCUT2D eigenvalue weighted by atomic mass is 10.1. The molecule has 0 radical (unpaired) electrons. The van der Waals surface area contributed by atoms with E-state index in [1.807, 2.05) is 31.2 Å². The van der Waals surface area contributed by atoms with Crippen LogP contribution in [0.4, 0.5) is 0 Å². The highest BCUT2D eigenvalue weighted by molar-refractivity contribution is 7.89. The van der Waals surface area contributed by atoms with Crippen molar-refractivity contribution in [2.24, 2.45) is 0 Å². The average molecular weight is 333 g/mol. The molecule has 2 rings (SSSR count). The van der Waals surface area contributed by atoms with Crippen LogP contribution in [0.15, 0.2) is 53.4 Å². The Hall–Kier alpha value is -2.18. The van der Waals surface area contributed by atoms with Gasteiger partial charge in [0, 0.05) is 6.54 Å². The topological polar surface area (TPSA) is 72.5 Å². The van der Waals surface area contributed by atoms with Gasteiger partial charge in [0.25, 0.3) is 0 Å². The number of aryl methyl sites for hydroxylation is 1. The van der Waals surface area contributed by atoms with Crippen LogP contribution in [0.1, 0.15) is 28.4 Å². The molecule has 0 heterocycles. The van der Waals surface area contributed by atoms with E-state index in [-0.39, 0.29) is 11.5 Å². The Morgan fingerprint density at radius 3 is 2.35 bits per heavy atom. The van der Waals surface area contributed by atoms with Crippen LogP contribution in [0.3, 0.4) is 0 Å². The number of nitrogens with one attached hydrogen (secondary N) is 1. The maximum atomic E-state index is 12.0. The van der Waals surface area contributed by atoms with Gasteiger partial charge in [-0.05, 0) is 42.3 Å². The van der Waals surface area contributed by atoms with Gasteiger partial charge in [-0.15, -0.1) is 0 Å². The van der Waals surface area contributed by atoms with Gasteiger partial charge in [0.15, 0.2) is 0 Å². The predicted molar refractivity (Wildman–Crippen MR) is 87.6 cm³/mol. The molecule has 0 fully saturated rings. The van der Waals surface area contributed by atoms with Crippen molar-refractivity contribution in [2.75, 3.05) is 6.54 Å². The first-order valence-corrected chi connectivity index (χ1v) is 8.73. The largest absolute Gasteiger partial charge is 0.457 e. The van der Waals surface area contributed by atoms with Crippen LogP contribution in [0.25, 0.3) is 0 Å². The highest BCUT2D eigenvalue weighted by Crippen LogP contribution is 2.13. The third kappa shape index (κ3) is 4.40. The summed E-state index contributed by atoms with van der Waals surface area (Å²) in [5.74, 6) is -0.486. The van der Waals surface area contributed by atoms with Gasteiger partial charge in [0.05, 0.1) is 10.5 Å². The quantitative estimate of drug-likeness (QED) is 0.825. The molecule has 0 atom stereocenters. The van der Waals surface area contributed by atoms with E-state index in [2.05, 4.69) is 4.72 Å². The van der Waals surface area contributed by atoms with E-state index in [9.17, 15) is 13.2 Å². The zero-order chi connectivity index (χ0) is 16.9. The molecule has 0 saturated carbocycles. The summed E-state index contributed by atoms with van der Waals surface area (Å²) in [7, 11) is -3.52. The average Bonchev–Trinajstić information content (AvgIpc) is 2.54. The van der Waals surface area contributed by atoms with E-state index in [1.165, 1.54) is 24.3 Å². The van der Waals surface area contributed by atoms with E-state index < -0.39 is 16.0 Å². The number of sulfonamides is 1. The fourth-order valence-corrected chi connectivity index (χ4v) is 3.08. The number of hydrogen-bond acceptors (Lipinski definition) is 4. The smallest absolute Gasteiger partial charge is 0.338 e. The third-order valence-corrected chi connectivity index (χ3v) is 4.92. The minimum absolute atomic E-state index is 0.120. The SMILES string of the molecule is CCNS(=O)(=O)c1ccc(C(=O)OCc2ccccc2C)cc1. The number of hydrogen-bond donors (Lipinski definition) is 1. The molecule has 0 amide bonds. The highest BCUT2D eigenvalue weighted by Gasteiger charge is 2.14. The summed E-state index contributed by atoms with van der Waals surface area (Å²) in [4.78, 5) is 12.1. The van der Waals surface area contributed by atoms with Crippen molar-refractivity contribution in [2.45, 2.75) is 25.3 Å². The van der Waals surface area contributed by atoms with E-state index in [4.69, 9.17) is 4.74 Å². The Kier molecular flexibility index (Phi) is 5.52. The van der Waals surface area contributed by atoms with Gasteiger partial charge in [-0.1, -0.05) is 31.2 Å². The van der Waals surface area contributed by atoms with Crippen molar-refractivity contribution in [1.82, 2.24) is 4.72 Å². The predicted octanol–water partition coefficient (Wildman–Crippen LogP) is 2.65. The monoisotopic (exact) mass is 333 g/mol. The van der Waals surface area contributed by atoms with Crippen molar-refractivity contribution in [1.29, 1.82) is 0 Å². The normalized spacial score (nSPS) is 11.2. The first-order chi connectivity index (χ1) is 10.9. The second-order valence-corrected chi connectivity index (χ2v) is 6.80. The molecule has 0 aromatic heterocycles. The third-order valence-electron chi connectivity index (χ3n) is 3.35. The molecule has 2 aromatic carbocycles. The Morgan fingerprint density at radius 1 is 1.09 bits per heavy atom. The Labute approximate surface area is 136 Å². The molecule has 0 bridgehead atoms. The van der Waals surface area contributed by atoms with Crippen molar-refractivity contribution in [3.8, 4) is 0 Å². The summed E-state index contributed by atoms with van der Waals surface area (Å²) in [6.07, 6.45) is 0. The molecule has 1 N–H and O–H groups in total. The van der Waals surface area contributed by atoms with Crippen LogP contribution < -0.4 is 4.72 Å². The number of benzene rings is 2. The van der Waals surface area contributed by atoms with E-state index >= 15 is 0 Å². The Balaban J connectivity index is 2.05. The number of carbonyl (C=O) groups excluding carboxylic acids is 1. The summed E-state index contributed by atoms with van der Waals surface area (Å²) in [6, 6.07) is 13.3. The molecule has 5 nitrogen and oxygen atoms in total. The molecule has 0 unspecified atom stereocenters. The van der Waals surface area contributed by atoms with Crippen LogP contribution in [-0.4, -0.2) is 20.9 Å². The van der Waals surface area contributed by atoms with Crippen molar-refractivity contribution >= 4 is 16.0 Å². The molecular formula is C17H19NO4S. The highest BCUT2D eigenvalue weighted by atomic mass is 32.2. The van der Waals surface area contributed by atoms with Crippen molar-refractivity contribution in [3.05, 3.63) is 65.2 Å². The van der Waals surface area contributed by atoms with Gasteiger partial charge in [-0.3, -0.25) is 0 Å². The number of carbonyl (C=O) groups is 1. The standard InChI is InChI=1S/C17H19NO4S/c1-3-18-23(20,21)16-10-8-14(9-11-16)17(19)22-12-15-7-5-4-6-13(15)2/h4-11,18H,3,12H2,1-2H3. The van der Waals surface area contributed by atoms with E-state index in [1.54, 1.807) is 6.92 Å². The molecule has 0 spiro atoms. The van der Waals surface area contributed by atoms with E-state index in [0.717, 1.165) is 11.1 Å². The van der Waals surface area contributed by atoms with Crippen LogP contribution in [0.2, 0.25) is 0 Å². The molecule has 0 aliphatic carbocycles. The second kappa shape index (κ2) is 7.39. The van der Waals surface area contributed by atoms with Gasteiger partial charge in [-0.2, -0.15) is 0 Å². The van der Waals surface area contributed by atoms with Crippen molar-refractivity contribution < 1.29 is 17.9 Å². The van der Waals surface area contributed by atoms with Crippen LogP contribution >= 0.6 is 0 Å². The maximum Gasteiger partial charge on any atom is 0.338 e. The van der Waals surface area contributed by atoms with E-state index in [0.29, 0.717) is 12.1 Å². The summed E-state index contributed by atoms with van der Waals surface area (Å²) in [5, 5.41) is 0. The lowest BCUT2D eigenvalue weighted by Gasteiger charge is -2.08. The van der Waals surface area contributed by atoms with Crippen LogP contribution in [0.5, 0.6) is 0 Å². The Morgan fingerprint density at radius 2 is 1.74 bits per heavy atom. The zero-order valence-corrected chi connectivity index (χ0v) is 13.9. The maximum absolute atomic E-state index is 12.0. The molecule has 2 aromatic rings. The lowest BCUT2D eigenvalue weighted by Crippen LogP contribution is -2.23.